The topological polar surface area (TPSA) is 3.24 Å². The number of nitrogens with zero attached hydrogens (tertiary/aromatic N) is 1. The fourth-order valence-corrected chi connectivity index (χ4v) is 2.19. The molecule has 0 aliphatic carbocycles. The van der Waals surface area contributed by atoms with E-state index in [1.165, 1.54) is 11.0 Å². The standard InChI is InChI=1S/C14H16F3N/c15-14(16,17)13(18-9-5-2-6-10-18)11-12-7-3-1-4-8-12/h1,3-4,7-8,11H,2,5-6,9-10H2/b13-11-. The summed E-state index contributed by atoms with van der Waals surface area (Å²) in [6.45, 7) is 0.996. The van der Waals surface area contributed by atoms with Crippen LogP contribution in [0.5, 0.6) is 0 Å². The maximum Gasteiger partial charge on any atom is 0.431 e. The zero-order chi connectivity index (χ0) is 13.0. The van der Waals surface area contributed by atoms with Crippen LogP contribution in [0, 0.1) is 0 Å². The van der Waals surface area contributed by atoms with Gasteiger partial charge in [-0.2, -0.15) is 13.2 Å². The molecule has 0 amide bonds. The number of benzene rings is 1. The van der Waals surface area contributed by atoms with Crippen molar-refractivity contribution in [3.05, 3.63) is 41.6 Å². The average molecular weight is 255 g/mol. The Morgan fingerprint density at radius 3 is 2.17 bits per heavy atom. The third-order valence-corrected chi connectivity index (χ3v) is 3.09. The summed E-state index contributed by atoms with van der Waals surface area (Å²) >= 11 is 0. The number of likely N-dealkylation sites (tertiary alicyclic amines) is 1. The lowest BCUT2D eigenvalue weighted by Crippen LogP contribution is -2.35. The predicted octanol–water partition coefficient (Wildman–Crippen LogP) is 4.08. The minimum Gasteiger partial charge on any atom is -0.368 e. The molecule has 1 heterocycles. The number of halogens is 3. The van der Waals surface area contributed by atoms with Gasteiger partial charge in [-0.15, -0.1) is 0 Å². The summed E-state index contributed by atoms with van der Waals surface area (Å²) in [4.78, 5) is 1.45. The summed E-state index contributed by atoms with van der Waals surface area (Å²) in [5.41, 5.74) is 0.0730. The molecular weight excluding hydrogens is 239 g/mol. The second kappa shape index (κ2) is 5.46. The molecule has 1 fully saturated rings. The quantitative estimate of drug-likeness (QED) is 0.769. The Morgan fingerprint density at radius 2 is 1.61 bits per heavy atom. The van der Waals surface area contributed by atoms with Gasteiger partial charge in [-0.25, -0.2) is 0 Å². The van der Waals surface area contributed by atoms with Crippen LogP contribution < -0.4 is 0 Å². The van der Waals surface area contributed by atoms with Crippen molar-refractivity contribution in [2.45, 2.75) is 25.4 Å². The maximum atomic E-state index is 13.1. The SMILES string of the molecule is FC(F)(F)/C(=C/c1ccccc1)N1CCCCC1. The van der Waals surface area contributed by atoms with Crippen molar-refractivity contribution in [1.82, 2.24) is 4.90 Å². The molecule has 0 aromatic heterocycles. The number of alkyl halides is 3. The molecule has 4 heteroatoms. The van der Waals surface area contributed by atoms with Gasteiger partial charge in [0.2, 0.25) is 0 Å². The highest BCUT2D eigenvalue weighted by Crippen LogP contribution is 2.32. The first-order valence-corrected chi connectivity index (χ1v) is 6.16. The molecule has 1 aromatic carbocycles. The van der Waals surface area contributed by atoms with E-state index in [1.807, 2.05) is 0 Å². The van der Waals surface area contributed by atoms with Crippen molar-refractivity contribution >= 4 is 6.08 Å². The van der Waals surface area contributed by atoms with Crippen LogP contribution >= 0.6 is 0 Å². The molecule has 0 saturated carbocycles. The lowest BCUT2D eigenvalue weighted by molar-refractivity contribution is -0.111. The third-order valence-electron chi connectivity index (χ3n) is 3.09. The van der Waals surface area contributed by atoms with Gasteiger partial charge in [0.1, 0.15) is 5.70 Å². The van der Waals surface area contributed by atoms with Gasteiger partial charge in [0.25, 0.3) is 0 Å². The molecule has 0 atom stereocenters. The van der Waals surface area contributed by atoms with Crippen LogP contribution in [0.4, 0.5) is 13.2 Å². The highest BCUT2D eigenvalue weighted by molar-refractivity contribution is 5.53. The fourth-order valence-electron chi connectivity index (χ4n) is 2.19. The van der Waals surface area contributed by atoms with E-state index in [4.69, 9.17) is 0 Å². The Kier molecular flexibility index (Phi) is 3.94. The first-order valence-electron chi connectivity index (χ1n) is 6.16. The molecule has 98 valence electrons. The molecule has 1 aromatic rings. The molecule has 0 unspecified atom stereocenters. The number of hydrogen-bond donors (Lipinski definition) is 0. The summed E-state index contributed by atoms with van der Waals surface area (Å²) in [5, 5.41) is 0. The van der Waals surface area contributed by atoms with Crippen molar-refractivity contribution in [2.24, 2.45) is 0 Å². The van der Waals surface area contributed by atoms with E-state index in [2.05, 4.69) is 0 Å². The zero-order valence-corrected chi connectivity index (χ0v) is 10.1. The van der Waals surface area contributed by atoms with Crippen LogP contribution in [0.25, 0.3) is 6.08 Å². The van der Waals surface area contributed by atoms with Crippen LogP contribution in [-0.4, -0.2) is 24.2 Å². The normalized spacial score (nSPS) is 17.9. The Morgan fingerprint density at radius 1 is 1.00 bits per heavy atom. The van der Waals surface area contributed by atoms with Gasteiger partial charge in [0, 0.05) is 13.1 Å². The number of rotatable bonds is 2. The lowest BCUT2D eigenvalue weighted by Gasteiger charge is -2.32. The van der Waals surface area contributed by atoms with Gasteiger partial charge < -0.3 is 4.90 Å². The molecule has 0 radical (unpaired) electrons. The van der Waals surface area contributed by atoms with Crippen molar-refractivity contribution in [3.8, 4) is 0 Å². The summed E-state index contributed by atoms with van der Waals surface area (Å²) in [6, 6.07) is 8.67. The van der Waals surface area contributed by atoms with E-state index in [1.54, 1.807) is 30.3 Å². The van der Waals surface area contributed by atoms with Gasteiger partial charge in [0.15, 0.2) is 0 Å². The van der Waals surface area contributed by atoms with Crippen molar-refractivity contribution in [1.29, 1.82) is 0 Å². The second-order valence-electron chi connectivity index (χ2n) is 4.49. The van der Waals surface area contributed by atoms with Gasteiger partial charge in [0.05, 0.1) is 0 Å². The molecule has 18 heavy (non-hydrogen) atoms. The summed E-state index contributed by atoms with van der Waals surface area (Å²) in [6.07, 6.45) is -0.351. The van der Waals surface area contributed by atoms with E-state index in [-0.39, 0.29) is 0 Å². The Labute approximate surface area is 105 Å². The van der Waals surface area contributed by atoms with Gasteiger partial charge in [-0.05, 0) is 30.9 Å². The smallest absolute Gasteiger partial charge is 0.368 e. The van der Waals surface area contributed by atoms with E-state index >= 15 is 0 Å². The van der Waals surface area contributed by atoms with Crippen molar-refractivity contribution < 1.29 is 13.2 Å². The second-order valence-corrected chi connectivity index (χ2v) is 4.49. The first kappa shape index (κ1) is 13.0. The van der Waals surface area contributed by atoms with Crippen LogP contribution in [0.15, 0.2) is 36.0 Å². The number of hydrogen-bond acceptors (Lipinski definition) is 1. The van der Waals surface area contributed by atoms with Crippen LogP contribution in [-0.2, 0) is 0 Å². The lowest BCUT2D eigenvalue weighted by atomic mass is 10.1. The molecule has 0 N–H and O–H groups in total. The summed E-state index contributed by atoms with van der Waals surface area (Å²) < 4.78 is 39.2. The first-order chi connectivity index (χ1) is 8.57. The number of piperidine rings is 1. The van der Waals surface area contributed by atoms with Crippen LogP contribution in [0.2, 0.25) is 0 Å². The molecule has 1 aliphatic heterocycles. The van der Waals surface area contributed by atoms with Crippen LogP contribution in [0.3, 0.4) is 0 Å². The molecule has 1 nitrogen and oxygen atoms in total. The molecular formula is C14H16F3N. The van der Waals surface area contributed by atoms with Crippen LogP contribution in [0.1, 0.15) is 24.8 Å². The highest BCUT2D eigenvalue weighted by Gasteiger charge is 2.37. The minimum absolute atomic E-state index is 0.498. The van der Waals surface area contributed by atoms with Gasteiger partial charge in [-0.1, -0.05) is 30.3 Å². The van der Waals surface area contributed by atoms with E-state index < -0.39 is 11.9 Å². The van der Waals surface area contributed by atoms with Crippen molar-refractivity contribution in [3.63, 3.8) is 0 Å². The summed E-state index contributed by atoms with van der Waals surface area (Å²) in [5.74, 6) is 0. The fraction of sp³-hybridized carbons (Fsp3) is 0.429. The molecule has 1 saturated heterocycles. The Bertz CT molecular complexity index is 403. The van der Waals surface area contributed by atoms with Gasteiger partial charge in [-0.3, -0.25) is 0 Å². The monoisotopic (exact) mass is 255 g/mol. The molecule has 0 bridgehead atoms. The van der Waals surface area contributed by atoms with E-state index in [0.717, 1.165) is 19.3 Å². The van der Waals surface area contributed by atoms with Crippen molar-refractivity contribution in [2.75, 3.05) is 13.1 Å². The Hall–Kier alpha value is -1.45. The summed E-state index contributed by atoms with van der Waals surface area (Å²) in [7, 11) is 0. The average Bonchev–Trinajstić information content (AvgIpc) is 2.37. The predicted molar refractivity (Wildman–Crippen MR) is 65.9 cm³/mol. The molecule has 0 spiro atoms. The minimum atomic E-state index is -4.28. The van der Waals surface area contributed by atoms with E-state index in [9.17, 15) is 13.2 Å². The van der Waals surface area contributed by atoms with E-state index in [0.29, 0.717) is 18.7 Å². The molecule has 1 aliphatic rings. The Balaban J connectivity index is 2.28. The molecule has 2 rings (SSSR count). The third kappa shape index (κ3) is 3.28. The largest absolute Gasteiger partial charge is 0.431 e. The number of allylic oxidation sites excluding steroid dienone is 1. The zero-order valence-electron chi connectivity index (χ0n) is 10.1. The maximum absolute atomic E-state index is 13.1. The van der Waals surface area contributed by atoms with Gasteiger partial charge >= 0.3 is 6.18 Å². The highest BCUT2D eigenvalue weighted by atomic mass is 19.4.